The first-order chi connectivity index (χ1) is 13.6. The van der Waals surface area contributed by atoms with E-state index >= 15 is 0 Å². The second-order valence-electron chi connectivity index (χ2n) is 8.59. The SMILES string of the molecule is CCOC(=O)C[C@@H](NCCC1(C)SC(CC2CC3CCC2C3)=NC1=O)C(F)(F)F. The van der Waals surface area contributed by atoms with E-state index in [4.69, 9.17) is 0 Å². The second kappa shape index (κ2) is 8.96. The van der Waals surface area contributed by atoms with Crippen LogP contribution >= 0.6 is 11.8 Å². The summed E-state index contributed by atoms with van der Waals surface area (Å²) >= 11 is 1.40. The first kappa shape index (κ1) is 22.6. The maximum Gasteiger partial charge on any atom is 0.404 e. The minimum absolute atomic E-state index is 0.0320. The summed E-state index contributed by atoms with van der Waals surface area (Å²) in [7, 11) is 0. The van der Waals surface area contributed by atoms with Gasteiger partial charge in [-0.2, -0.15) is 13.2 Å². The molecule has 0 aromatic carbocycles. The molecule has 2 bridgehead atoms. The molecule has 1 aliphatic heterocycles. The predicted octanol–water partition coefficient (Wildman–Crippen LogP) is 4.11. The Morgan fingerprint density at radius 3 is 2.72 bits per heavy atom. The van der Waals surface area contributed by atoms with Crippen LogP contribution in [-0.4, -0.2) is 47.0 Å². The van der Waals surface area contributed by atoms with Gasteiger partial charge in [-0.25, -0.2) is 4.99 Å². The molecule has 2 aliphatic carbocycles. The van der Waals surface area contributed by atoms with Gasteiger partial charge in [0.05, 0.1) is 18.1 Å². The molecule has 5 atom stereocenters. The first-order valence-electron chi connectivity index (χ1n) is 10.4. The highest BCUT2D eigenvalue weighted by molar-refractivity contribution is 8.16. The molecule has 3 aliphatic rings. The molecule has 1 amide bonds. The molecule has 5 nitrogen and oxygen atoms in total. The fraction of sp³-hybridized carbons (Fsp3) is 0.850. The Morgan fingerprint density at radius 1 is 1.38 bits per heavy atom. The van der Waals surface area contributed by atoms with Crippen LogP contribution in [0.3, 0.4) is 0 Å². The largest absolute Gasteiger partial charge is 0.466 e. The number of ether oxygens (including phenoxy) is 1. The average molecular weight is 435 g/mol. The van der Waals surface area contributed by atoms with Gasteiger partial charge in [-0.15, -0.1) is 0 Å². The number of amides is 1. The molecule has 2 fully saturated rings. The van der Waals surface area contributed by atoms with E-state index in [0.29, 0.717) is 5.92 Å². The van der Waals surface area contributed by atoms with Crippen molar-refractivity contribution in [2.24, 2.45) is 22.7 Å². The quantitative estimate of drug-likeness (QED) is 0.553. The van der Waals surface area contributed by atoms with Crippen molar-refractivity contribution in [2.75, 3.05) is 13.2 Å². The average Bonchev–Trinajstić information content (AvgIpc) is 3.29. The van der Waals surface area contributed by atoms with Gasteiger partial charge in [-0.05, 0) is 70.3 Å². The molecule has 1 N–H and O–H groups in total. The number of carbonyl (C=O) groups is 2. The van der Waals surface area contributed by atoms with Gasteiger partial charge in [0.15, 0.2) is 0 Å². The van der Waals surface area contributed by atoms with Gasteiger partial charge in [0.2, 0.25) is 0 Å². The Bertz CT molecular complexity index is 670. The monoisotopic (exact) mass is 434 g/mol. The van der Waals surface area contributed by atoms with E-state index in [0.717, 1.165) is 23.3 Å². The number of alkyl halides is 3. The highest BCUT2D eigenvalue weighted by Gasteiger charge is 2.45. The summed E-state index contributed by atoms with van der Waals surface area (Å²) in [5.41, 5.74) is 0. The van der Waals surface area contributed by atoms with Crippen molar-refractivity contribution in [3.63, 3.8) is 0 Å². The van der Waals surface area contributed by atoms with Crippen LogP contribution in [0.4, 0.5) is 13.2 Å². The summed E-state index contributed by atoms with van der Waals surface area (Å²) in [5, 5.41) is 3.22. The number of carbonyl (C=O) groups excluding carboxylic acids is 2. The molecule has 0 aromatic rings. The van der Waals surface area contributed by atoms with Crippen LogP contribution in [0.15, 0.2) is 4.99 Å². The lowest BCUT2D eigenvalue weighted by atomic mass is 9.87. The maximum absolute atomic E-state index is 13.2. The van der Waals surface area contributed by atoms with Gasteiger partial charge in [-0.1, -0.05) is 18.2 Å². The molecule has 9 heteroatoms. The molecule has 0 saturated heterocycles. The van der Waals surface area contributed by atoms with Gasteiger partial charge in [0.1, 0.15) is 10.8 Å². The Hall–Kier alpha value is -1.09. The number of rotatable bonds is 9. The molecule has 2 saturated carbocycles. The second-order valence-corrected chi connectivity index (χ2v) is 10.2. The van der Waals surface area contributed by atoms with E-state index in [-0.39, 0.29) is 25.5 Å². The van der Waals surface area contributed by atoms with Crippen molar-refractivity contribution in [2.45, 2.75) is 75.8 Å². The lowest BCUT2D eigenvalue weighted by Gasteiger charge is -2.25. The zero-order valence-electron chi connectivity index (χ0n) is 16.9. The number of hydrogen-bond acceptors (Lipinski definition) is 5. The van der Waals surface area contributed by atoms with Gasteiger partial charge in [-0.3, -0.25) is 9.59 Å². The van der Waals surface area contributed by atoms with Gasteiger partial charge < -0.3 is 10.1 Å². The van der Waals surface area contributed by atoms with Crippen molar-refractivity contribution in [3.05, 3.63) is 0 Å². The van der Waals surface area contributed by atoms with Crippen molar-refractivity contribution in [1.29, 1.82) is 0 Å². The third kappa shape index (κ3) is 5.54. The maximum atomic E-state index is 13.2. The molecule has 1 heterocycles. The van der Waals surface area contributed by atoms with E-state index < -0.39 is 29.4 Å². The number of thioether (sulfide) groups is 1. The summed E-state index contributed by atoms with van der Waals surface area (Å²) in [5.74, 6) is 0.990. The van der Waals surface area contributed by atoms with Crippen LogP contribution in [0.25, 0.3) is 0 Å². The summed E-state index contributed by atoms with van der Waals surface area (Å²) in [6.45, 7) is 3.30. The van der Waals surface area contributed by atoms with Crippen LogP contribution in [0.1, 0.15) is 58.8 Å². The zero-order chi connectivity index (χ0) is 21.2. The third-order valence-corrected chi connectivity index (χ3v) is 7.73. The van der Waals surface area contributed by atoms with Crippen molar-refractivity contribution < 1.29 is 27.5 Å². The van der Waals surface area contributed by atoms with E-state index in [1.165, 1.54) is 37.4 Å². The molecular weight excluding hydrogens is 405 g/mol. The molecule has 0 aromatic heterocycles. The van der Waals surface area contributed by atoms with E-state index in [1.807, 2.05) is 0 Å². The number of esters is 1. The van der Waals surface area contributed by atoms with E-state index in [2.05, 4.69) is 15.0 Å². The normalized spacial score (nSPS) is 32.5. The predicted molar refractivity (Wildman–Crippen MR) is 106 cm³/mol. The topological polar surface area (TPSA) is 67.8 Å². The molecule has 3 rings (SSSR count). The molecule has 29 heavy (non-hydrogen) atoms. The van der Waals surface area contributed by atoms with Crippen LogP contribution in [-0.2, 0) is 14.3 Å². The lowest BCUT2D eigenvalue weighted by Crippen LogP contribution is -2.46. The number of halogens is 3. The Kier molecular flexibility index (Phi) is 6.98. The fourth-order valence-electron chi connectivity index (χ4n) is 4.83. The summed E-state index contributed by atoms with van der Waals surface area (Å²) in [6.07, 6.45) is 0.765. The molecule has 0 spiro atoms. The highest BCUT2D eigenvalue weighted by Crippen LogP contribution is 2.51. The minimum Gasteiger partial charge on any atom is -0.466 e. The number of aliphatic imine (C=N–C) groups is 1. The fourth-order valence-corrected chi connectivity index (χ4v) is 6.11. The van der Waals surface area contributed by atoms with Crippen LogP contribution in [0, 0.1) is 17.8 Å². The van der Waals surface area contributed by atoms with Gasteiger partial charge in [0, 0.05) is 0 Å². The van der Waals surface area contributed by atoms with Gasteiger partial charge in [0.25, 0.3) is 5.91 Å². The molecule has 4 unspecified atom stereocenters. The number of fused-ring (bicyclic) bond motifs is 2. The highest BCUT2D eigenvalue weighted by atomic mass is 32.2. The van der Waals surface area contributed by atoms with Crippen molar-refractivity contribution in [3.8, 4) is 0 Å². The minimum atomic E-state index is -4.57. The summed E-state index contributed by atoms with van der Waals surface area (Å²) < 4.78 is 43.4. The van der Waals surface area contributed by atoms with Crippen LogP contribution in [0.2, 0.25) is 0 Å². The summed E-state index contributed by atoms with van der Waals surface area (Å²) in [4.78, 5) is 28.1. The van der Waals surface area contributed by atoms with Crippen molar-refractivity contribution in [1.82, 2.24) is 5.32 Å². The Balaban J connectivity index is 1.49. The van der Waals surface area contributed by atoms with E-state index in [1.54, 1.807) is 13.8 Å². The van der Waals surface area contributed by atoms with Crippen LogP contribution in [0.5, 0.6) is 0 Å². The molecule has 0 radical (unpaired) electrons. The van der Waals surface area contributed by atoms with E-state index in [9.17, 15) is 22.8 Å². The molecule has 164 valence electrons. The first-order valence-corrected chi connectivity index (χ1v) is 11.2. The number of nitrogens with zero attached hydrogens (tertiary/aromatic N) is 1. The van der Waals surface area contributed by atoms with Crippen molar-refractivity contribution >= 4 is 28.7 Å². The molecular formula is C20H29F3N2O3S. The van der Waals surface area contributed by atoms with Crippen LogP contribution < -0.4 is 5.32 Å². The van der Waals surface area contributed by atoms with Gasteiger partial charge >= 0.3 is 12.1 Å². The third-order valence-electron chi connectivity index (χ3n) is 6.41. The number of nitrogens with one attached hydrogen (secondary N) is 1. The number of hydrogen-bond donors (Lipinski definition) is 1. The Morgan fingerprint density at radius 2 is 2.14 bits per heavy atom. The zero-order valence-corrected chi connectivity index (χ0v) is 17.7. The smallest absolute Gasteiger partial charge is 0.404 e. The summed E-state index contributed by atoms with van der Waals surface area (Å²) in [6, 6.07) is -1.99. The standard InChI is InChI=1S/C20H29F3N2O3S/c1-3-28-17(26)11-15(20(21,22)23)24-7-6-19(2)18(27)25-16(29-19)10-14-9-12-4-5-13(14)8-12/h12-15,24H,3-11H2,1-2H3/t12?,13?,14?,15-,19?/m1/s1. The Labute approximate surface area is 173 Å². The lowest BCUT2D eigenvalue weighted by molar-refractivity contribution is -0.169.